The van der Waals surface area contributed by atoms with Crippen LogP contribution in [-0.2, 0) is 6.42 Å². The Bertz CT molecular complexity index is 557. The zero-order valence-corrected chi connectivity index (χ0v) is 13.0. The van der Waals surface area contributed by atoms with Crippen LogP contribution in [0.15, 0.2) is 42.5 Å². The van der Waals surface area contributed by atoms with Crippen molar-refractivity contribution in [3.63, 3.8) is 0 Å². The van der Waals surface area contributed by atoms with Gasteiger partial charge in [-0.25, -0.2) is 4.39 Å². The van der Waals surface area contributed by atoms with Crippen molar-refractivity contribution in [2.24, 2.45) is 0 Å². The van der Waals surface area contributed by atoms with Crippen LogP contribution in [-0.4, -0.2) is 0 Å². The molecule has 2 aromatic rings. The van der Waals surface area contributed by atoms with Crippen LogP contribution >= 0.6 is 45.8 Å². The summed E-state index contributed by atoms with van der Waals surface area (Å²) < 4.78 is 14.6. The summed E-state index contributed by atoms with van der Waals surface area (Å²) in [5.41, 5.74) is 1.56. The molecule has 2 rings (SSSR count). The third-order valence-electron chi connectivity index (χ3n) is 2.65. The van der Waals surface area contributed by atoms with Gasteiger partial charge in [0, 0.05) is 8.59 Å². The summed E-state index contributed by atoms with van der Waals surface area (Å²) in [6.07, 6.45) is 0.449. The van der Waals surface area contributed by atoms with E-state index in [9.17, 15) is 4.39 Å². The molecule has 0 saturated heterocycles. The Balaban J connectivity index is 2.25. The van der Waals surface area contributed by atoms with Gasteiger partial charge in [-0.3, -0.25) is 0 Å². The molecule has 0 radical (unpaired) electrons. The first-order valence-electron chi connectivity index (χ1n) is 5.40. The quantitative estimate of drug-likeness (QED) is 0.469. The number of hydrogen-bond acceptors (Lipinski definition) is 0. The van der Waals surface area contributed by atoms with Gasteiger partial charge in [-0.2, -0.15) is 0 Å². The molecule has 0 heterocycles. The molecule has 0 nitrogen and oxygen atoms in total. The summed E-state index contributed by atoms with van der Waals surface area (Å²) in [6.45, 7) is 0. The first kappa shape index (κ1) is 14.1. The first-order valence-corrected chi connectivity index (χ1v) is 7.29. The Morgan fingerprint density at radius 2 is 1.89 bits per heavy atom. The second kappa shape index (κ2) is 6.22. The lowest BCUT2D eigenvalue weighted by Crippen LogP contribution is -2.00. The molecule has 0 spiro atoms. The molecule has 0 aliphatic heterocycles. The number of alkyl halides is 1. The lowest BCUT2D eigenvalue weighted by Gasteiger charge is -2.13. The fraction of sp³-hybridized carbons (Fsp3) is 0.143. The van der Waals surface area contributed by atoms with E-state index in [1.54, 1.807) is 12.1 Å². The summed E-state index contributed by atoms with van der Waals surface area (Å²) in [6, 6.07) is 12.2. The van der Waals surface area contributed by atoms with Gasteiger partial charge in [-0.1, -0.05) is 29.8 Å². The molecule has 0 fully saturated rings. The summed E-state index contributed by atoms with van der Waals surface area (Å²) in [5.74, 6) is -0.222. The van der Waals surface area contributed by atoms with Crippen molar-refractivity contribution in [2.75, 3.05) is 0 Å². The standard InChI is InChI=1S/C14H10Cl2FI/c15-10-5-6-14(18)11(8-10)12(16)7-9-3-1-2-4-13(9)17/h1-6,8,12H,7H2. The monoisotopic (exact) mass is 394 g/mol. The van der Waals surface area contributed by atoms with Crippen molar-refractivity contribution in [2.45, 2.75) is 11.8 Å². The fourth-order valence-electron chi connectivity index (χ4n) is 1.72. The minimum atomic E-state index is -0.285. The number of halogens is 4. The maximum Gasteiger partial charge on any atom is 0.126 e. The van der Waals surface area contributed by atoms with E-state index in [1.165, 1.54) is 6.07 Å². The topological polar surface area (TPSA) is 0 Å². The molecule has 18 heavy (non-hydrogen) atoms. The Morgan fingerprint density at radius 1 is 1.17 bits per heavy atom. The van der Waals surface area contributed by atoms with E-state index in [0.29, 0.717) is 17.0 Å². The third-order valence-corrected chi connectivity index (χ3v) is 4.26. The second-order valence-corrected chi connectivity index (χ2v) is 6.05. The highest BCUT2D eigenvalue weighted by molar-refractivity contribution is 14.1. The van der Waals surface area contributed by atoms with E-state index in [4.69, 9.17) is 23.2 Å². The molecule has 0 aromatic heterocycles. The molecular weight excluding hydrogens is 385 g/mol. The SMILES string of the molecule is Fc1ccccc1CC(Cl)c1cc(Cl)ccc1I. The van der Waals surface area contributed by atoms with Crippen LogP contribution < -0.4 is 0 Å². The van der Waals surface area contributed by atoms with Crippen LogP contribution in [0.2, 0.25) is 5.02 Å². The number of hydrogen-bond donors (Lipinski definition) is 0. The maximum absolute atomic E-state index is 13.6. The highest BCUT2D eigenvalue weighted by Crippen LogP contribution is 2.31. The van der Waals surface area contributed by atoms with Gasteiger partial charge in [0.2, 0.25) is 0 Å². The van der Waals surface area contributed by atoms with Crippen molar-refractivity contribution < 1.29 is 4.39 Å². The maximum atomic E-state index is 13.6. The van der Waals surface area contributed by atoms with Gasteiger partial charge in [0.15, 0.2) is 0 Å². The molecule has 4 heteroatoms. The zero-order chi connectivity index (χ0) is 13.1. The van der Waals surface area contributed by atoms with Crippen molar-refractivity contribution in [3.8, 4) is 0 Å². The van der Waals surface area contributed by atoms with E-state index in [1.807, 2.05) is 24.3 Å². The van der Waals surface area contributed by atoms with Crippen LogP contribution in [0.5, 0.6) is 0 Å². The van der Waals surface area contributed by atoms with Crippen molar-refractivity contribution in [1.29, 1.82) is 0 Å². The van der Waals surface area contributed by atoms with E-state index in [-0.39, 0.29) is 11.2 Å². The lowest BCUT2D eigenvalue weighted by molar-refractivity contribution is 0.607. The summed E-state index contributed by atoms with van der Waals surface area (Å²) in [7, 11) is 0. The zero-order valence-electron chi connectivity index (χ0n) is 9.34. The van der Waals surface area contributed by atoms with Gasteiger partial charge < -0.3 is 0 Å². The van der Waals surface area contributed by atoms with Gasteiger partial charge in [0.1, 0.15) is 5.82 Å². The predicted octanol–water partition coefficient (Wildman–Crippen LogP) is 5.61. The molecule has 94 valence electrons. The minimum Gasteiger partial charge on any atom is -0.207 e. The second-order valence-electron chi connectivity index (χ2n) is 3.93. The van der Waals surface area contributed by atoms with Crippen molar-refractivity contribution >= 4 is 45.8 Å². The average Bonchev–Trinajstić information content (AvgIpc) is 2.35. The molecule has 1 atom stereocenters. The van der Waals surface area contributed by atoms with Crippen molar-refractivity contribution in [1.82, 2.24) is 0 Å². The van der Waals surface area contributed by atoms with Gasteiger partial charge in [0.25, 0.3) is 0 Å². The van der Waals surface area contributed by atoms with Crippen LogP contribution in [0.4, 0.5) is 4.39 Å². The Morgan fingerprint density at radius 3 is 2.61 bits per heavy atom. The molecule has 0 aliphatic rings. The highest BCUT2D eigenvalue weighted by Gasteiger charge is 2.14. The largest absolute Gasteiger partial charge is 0.207 e. The molecule has 0 aliphatic carbocycles. The van der Waals surface area contributed by atoms with Gasteiger partial charge in [-0.05, 0) is 64.4 Å². The van der Waals surface area contributed by atoms with Crippen LogP contribution in [0.3, 0.4) is 0 Å². The Kier molecular flexibility index (Phi) is 4.87. The fourth-order valence-corrected chi connectivity index (χ4v) is 3.14. The van der Waals surface area contributed by atoms with Gasteiger partial charge in [-0.15, -0.1) is 11.6 Å². The predicted molar refractivity (Wildman–Crippen MR) is 82.9 cm³/mol. The smallest absolute Gasteiger partial charge is 0.126 e. The molecule has 0 saturated carbocycles. The first-order chi connectivity index (χ1) is 8.58. The lowest BCUT2D eigenvalue weighted by atomic mass is 10.0. The summed E-state index contributed by atoms with van der Waals surface area (Å²) in [4.78, 5) is 0. The van der Waals surface area contributed by atoms with Crippen LogP contribution in [0.1, 0.15) is 16.5 Å². The molecule has 0 N–H and O–H groups in total. The minimum absolute atomic E-state index is 0.222. The van der Waals surface area contributed by atoms with Crippen LogP contribution in [0.25, 0.3) is 0 Å². The molecule has 2 aromatic carbocycles. The van der Waals surface area contributed by atoms with Gasteiger partial charge in [0.05, 0.1) is 5.38 Å². The van der Waals surface area contributed by atoms with E-state index < -0.39 is 0 Å². The number of rotatable bonds is 3. The average molecular weight is 395 g/mol. The summed E-state index contributed by atoms with van der Waals surface area (Å²) in [5, 5.41) is 0.358. The third kappa shape index (κ3) is 3.37. The molecule has 0 bridgehead atoms. The Hall–Kier alpha value is -0.320. The van der Waals surface area contributed by atoms with Gasteiger partial charge >= 0.3 is 0 Å². The van der Waals surface area contributed by atoms with E-state index in [2.05, 4.69) is 22.6 Å². The van der Waals surface area contributed by atoms with E-state index >= 15 is 0 Å². The van der Waals surface area contributed by atoms with Crippen LogP contribution in [0, 0.1) is 9.39 Å². The molecular formula is C14H10Cl2FI. The molecule has 0 amide bonds. The molecule has 1 unspecified atom stereocenters. The number of benzene rings is 2. The normalized spacial score (nSPS) is 12.4. The Labute approximate surface area is 129 Å². The van der Waals surface area contributed by atoms with Crippen molar-refractivity contribution in [3.05, 3.63) is 68.0 Å². The highest BCUT2D eigenvalue weighted by atomic mass is 127. The summed E-state index contributed by atoms with van der Waals surface area (Å²) >= 11 is 14.5. The van der Waals surface area contributed by atoms with E-state index in [0.717, 1.165) is 9.13 Å².